The van der Waals surface area contributed by atoms with Gasteiger partial charge in [0.05, 0.1) is 16.9 Å². The van der Waals surface area contributed by atoms with Gasteiger partial charge in [0, 0.05) is 11.6 Å². The number of benzene rings is 1. The Morgan fingerprint density at radius 1 is 1.29 bits per heavy atom. The van der Waals surface area contributed by atoms with Gasteiger partial charge in [0.1, 0.15) is 5.82 Å². The van der Waals surface area contributed by atoms with Gasteiger partial charge in [-0.25, -0.2) is 4.98 Å². The van der Waals surface area contributed by atoms with E-state index in [0.717, 1.165) is 23.4 Å². The molecule has 0 radical (unpaired) electrons. The molecule has 2 nitrogen and oxygen atoms in total. The predicted molar refractivity (Wildman–Crippen MR) is 73.8 cm³/mol. The van der Waals surface area contributed by atoms with E-state index in [4.69, 9.17) is 23.2 Å². The molecule has 0 aliphatic carbocycles. The fourth-order valence-electron chi connectivity index (χ4n) is 1.91. The zero-order valence-corrected chi connectivity index (χ0v) is 11.8. The highest BCUT2D eigenvalue weighted by Crippen LogP contribution is 2.25. The molecule has 0 saturated carbocycles. The molecular weight excluding hydrogens is 255 g/mol. The van der Waals surface area contributed by atoms with Crippen molar-refractivity contribution in [2.75, 3.05) is 0 Å². The Labute approximate surface area is 112 Å². The number of halogens is 2. The molecular formula is C13H16Cl2N2. The Morgan fingerprint density at radius 3 is 2.59 bits per heavy atom. The summed E-state index contributed by atoms with van der Waals surface area (Å²) in [6.45, 7) is 7.50. The molecule has 1 aromatic heterocycles. The summed E-state index contributed by atoms with van der Waals surface area (Å²) < 4.78 is 2.18. The Balaban J connectivity index is 2.58. The predicted octanol–water partition coefficient (Wildman–Crippen LogP) is 4.47. The second-order valence-electron chi connectivity index (χ2n) is 5.44. The first-order valence-corrected chi connectivity index (χ1v) is 6.52. The normalized spacial score (nSPS) is 12.3. The topological polar surface area (TPSA) is 17.8 Å². The molecule has 0 N–H and O–H groups in total. The van der Waals surface area contributed by atoms with E-state index < -0.39 is 0 Å². The van der Waals surface area contributed by atoms with E-state index >= 15 is 0 Å². The maximum Gasteiger partial charge on any atom is 0.124 e. The van der Waals surface area contributed by atoms with E-state index in [-0.39, 0.29) is 5.41 Å². The van der Waals surface area contributed by atoms with Gasteiger partial charge in [0.15, 0.2) is 0 Å². The van der Waals surface area contributed by atoms with Crippen LogP contribution in [0.15, 0.2) is 18.2 Å². The zero-order valence-electron chi connectivity index (χ0n) is 10.3. The van der Waals surface area contributed by atoms with E-state index in [1.165, 1.54) is 0 Å². The first-order valence-electron chi connectivity index (χ1n) is 5.61. The van der Waals surface area contributed by atoms with Crippen LogP contribution in [0.1, 0.15) is 26.6 Å². The standard InChI is InChI=1S/C13H16Cl2N2/c1-13(2,3)8-17-11-5-4-9(15)6-10(11)16-12(17)7-14/h4-6H,7-8H2,1-3H3. The second kappa shape index (κ2) is 4.51. The monoisotopic (exact) mass is 270 g/mol. The molecule has 0 amide bonds. The van der Waals surface area contributed by atoms with Gasteiger partial charge in [0.25, 0.3) is 0 Å². The molecule has 17 heavy (non-hydrogen) atoms. The summed E-state index contributed by atoms with van der Waals surface area (Å²) in [7, 11) is 0. The number of nitrogens with zero attached hydrogens (tertiary/aromatic N) is 2. The molecule has 1 heterocycles. The number of rotatable bonds is 2. The molecule has 92 valence electrons. The maximum atomic E-state index is 5.97. The Morgan fingerprint density at radius 2 is 2.00 bits per heavy atom. The van der Waals surface area contributed by atoms with Crippen molar-refractivity contribution in [3.05, 3.63) is 29.0 Å². The molecule has 0 fully saturated rings. The average Bonchev–Trinajstić information content (AvgIpc) is 2.53. The van der Waals surface area contributed by atoms with Crippen molar-refractivity contribution in [1.82, 2.24) is 9.55 Å². The Kier molecular flexibility index (Phi) is 3.37. The third-order valence-corrected chi connectivity index (χ3v) is 3.02. The summed E-state index contributed by atoms with van der Waals surface area (Å²) in [5, 5.41) is 0.707. The average molecular weight is 271 g/mol. The minimum absolute atomic E-state index is 0.189. The lowest BCUT2D eigenvalue weighted by atomic mass is 9.97. The fourth-order valence-corrected chi connectivity index (χ4v) is 2.28. The van der Waals surface area contributed by atoms with E-state index in [1.54, 1.807) is 0 Å². The quantitative estimate of drug-likeness (QED) is 0.736. The number of fused-ring (bicyclic) bond motifs is 1. The Bertz CT molecular complexity index is 538. The van der Waals surface area contributed by atoms with Crippen LogP contribution in [0.4, 0.5) is 0 Å². The zero-order chi connectivity index (χ0) is 12.6. The largest absolute Gasteiger partial charge is 0.326 e. The lowest BCUT2D eigenvalue weighted by molar-refractivity contribution is 0.344. The highest BCUT2D eigenvalue weighted by Gasteiger charge is 2.17. The van der Waals surface area contributed by atoms with Gasteiger partial charge >= 0.3 is 0 Å². The van der Waals surface area contributed by atoms with Gasteiger partial charge < -0.3 is 4.57 Å². The molecule has 0 unspecified atom stereocenters. The van der Waals surface area contributed by atoms with Crippen LogP contribution < -0.4 is 0 Å². The van der Waals surface area contributed by atoms with E-state index in [9.17, 15) is 0 Å². The van der Waals surface area contributed by atoms with Gasteiger partial charge in [0.2, 0.25) is 0 Å². The summed E-state index contributed by atoms with van der Waals surface area (Å²) >= 11 is 11.9. The van der Waals surface area contributed by atoms with Crippen LogP contribution in [0.2, 0.25) is 5.02 Å². The van der Waals surface area contributed by atoms with Crippen LogP contribution in [0.5, 0.6) is 0 Å². The molecule has 4 heteroatoms. The van der Waals surface area contributed by atoms with Crippen molar-refractivity contribution in [3.63, 3.8) is 0 Å². The first-order chi connectivity index (χ1) is 7.90. The minimum atomic E-state index is 0.189. The second-order valence-corrected chi connectivity index (χ2v) is 6.15. The number of imidazole rings is 1. The number of aromatic nitrogens is 2. The number of hydrogen-bond acceptors (Lipinski definition) is 1. The van der Waals surface area contributed by atoms with E-state index in [2.05, 4.69) is 30.3 Å². The number of alkyl halides is 1. The summed E-state index contributed by atoms with van der Waals surface area (Å²) in [5.41, 5.74) is 2.20. The van der Waals surface area contributed by atoms with Gasteiger partial charge in [-0.3, -0.25) is 0 Å². The molecule has 2 aromatic rings. The smallest absolute Gasteiger partial charge is 0.124 e. The van der Waals surface area contributed by atoms with Crippen molar-refractivity contribution in [1.29, 1.82) is 0 Å². The molecule has 0 bridgehead atoms. The fraction of sp³-hybridized carbons (Fsp3) is 0.462. The molecule has 0 aliphatic heterocycles. The highest BCUT2D eigenvalue weighted by atomic mass is 35.5. The van der Waals surface area contributed by atoms with Crippen LogP contribution in [0.25, 0.3) is 11.0 Å². The van der Waals surface area contributed by atoms with Crippen LogP contribution in [-0.2, 0) is 12.4 Å². The molecule has 2 rings (SSSR count). The van der Waals surface area contributed by atoms with E-state index in [0.29, 0.717) is 10.9 Å². The lowest BCUT2D eigenvalue weighted by Crippen LogP contribution is -2.17. The third kappa shape index (κ3) is 2.75. The van der Waals surface area contributed by atoms with Crippen LogP contribution in [-0.4, -0.2) is 9.55 Å². The minimum Gasteiger partial charge on any atom is -0.326 e. The van der Waals surface area contributed by atoms with Gasteiger partial charge in [-0.2, -0.15) is 0 Å². The van der Waals surface area contributed by atoms with Crippen molar-refractivity contribution in [2.24, 2.45) is 5.41 Å². The van der Waals surface area contributed by atoms with Crippen molar-refractivity contribution < 1.29 is 0 Å². The first kappa shape index (κ1) is 12.7. The molecule has 0 spiro atoms. The molecule has 0 aliphatic rings. The summed E-state index contributed by atoms with van der Waals surface area (Å²) in [6.07, 6.45) is 0. The van der Waals surface area contributed by atoms with Crippen LogP contribution in [0, 0.1) is 5.41 Å². The highest BCUT2D eigenvalue weighted by molar-refractivity contribution is 6.31. The van der Waals surface area contributed by atoms with Crippen molar-refractivity contribution >= 4 is 34.2 Å². The third-order valence-electron chi connectivity index (χ3n) is 2.54. The maximum absolute atomic E-state index is 5.97. The lowest BCUT2D eigenvalue weighted by Gasteiger charge is -2.20. The van der Waals surface area contributed by atoms with Crippen LogP contribution >= 0.6 is 23.2 Å². The number of hydrogen-bond donors (Lipinski definition) is 0. The summed E-state index contributed by atoms with van der Waals surface area (Å²) in [6, 6.07) is 5.78. The van der Waals surface area contributed by atoms with Crippen LogP contribution in [0.3, 0.4) is 0 Å². The van der Waals surface area contributed by atoms with Crippen molar-refractivity contribution in [2.45, 2.75) is 33.2 Å². The van der Waals surface area contributed by atoms with Crippen molar-refractivity contribution in [3.8, 4) is 0 Å². The Hall–Kier alpha value is -0.730. The molecule has 0 saturated heterocycles. The van der Waals surface area contributed by atoms with Gasteiger partial charge in [-0.1, -0.05) is 32.4 Å². The SMILES string of the molecule is CC(C)(C)Cn1c(CCl)nc2cc(Cl)ccc21. The molecule has 0 atom stereocenters. The summed E-state index contributed by atoms with van der Waals surface area (Å²) in [4.78, 5) is 4.52. The van der Waals surface area contributed by atoms with E-state index in [1.807, 2.05) is 18.2 Å². The van der Waals surface area contributed by atoms with Gasteiger partial charge in [-0.15, -0.1) is 11.6 Å². The molecule has 1 aromatic carbocycles. The summed E-state index contributed by atoms with van der Waals surface area (Å²) in [5.74, 6) is 1.32. The van der Waals surface area contributed by atoms with Gasteiger partial charge in [-0.05, 0) is 23.6 Å².